The first-order valence-corrected chi connectivity index (χ1v) is 11.0. The minimum absolute atomic E-state index is 0.0892. The summed E-state index contributed by atoms with van der Waals surface area (Å²) >= 11 is 0. The number of nitrogens with two attached hydrogens (primary N) is 2. The summed E-state index contributed by atoms with van der Waals surface area (Å²) in [7, 11) is 0. The first kappa shape index (κ1) is 23.9. The summed E-state index contributed by atoms with van der Waals surface area (Å²) in [6.07, 6.45) is 23.7. The van der Waals surface area contributed by atoms with Crippen LogP contribution in [-0.2, 0) is 0 Å². The summed E-state index contributed by atoms with van der Waals surface area (Å²) in [5.74, 6) is 0. The average molecular weight is 342 g/mol. The molecule has 0 rings (SSSR count). The van der Waals surface area contributed by atoms with Gasteiger partial charge in [-0.25, -0.2) is 0 Å². The van der Waals surface area contributed by atoms with Crippen LogP contribution in [0.4, 0.5) is 0 Å². The molecule has 3 nitrogen and oxygen atoms in total. The van der Waals surface area contributed by atoms with E-state index in [9.17, 15) is 0 Å². The van der Waals surface area contributed by atoms with Crippen LogP contribution >= 0.6 is 0 Å². The van der Waals surface area contributed by atoms with Crippen LogP contribution in [0, 0.1) is 0 Å². The van der Waals surface area contributed by atoms with Crippen LogP contribution in [0.5, 0.6) is 0 Å². The molecule has 0 saturated heterocycles. The Hall–Kier alpha value is -0.120. The number of hydrogen-bond donors (Lipinski definition) is 3. The molecule has 0 saturated carbocycles. The molecule has 5 N–H and O–H groups in total. The fourth-order valence-corrected chi connectivity index (χ4v) is 3.24. The molecule has 1 unspecified atom stereocenters. The molecule has 0 radical (unpaired) electrons. The molecule has 0 aliphatic carbocycles. The van der Waals surface area contributed by atoms with Crippen molar-refractivity contribution in [3.63, 3.8) is 0 Å². The average Bonchev–Trinajstić information content (AvgIpc) is 2.58. The predicted octanol–water partition coefficient (Wildman–Crippen LogP) is 5.47. The maximum atomic E-state index is 5.86. The predicted molar refractivity (Wildman–Crippen MR) is 109 cm³/mol. The van der Waals surface area contributed by atoms with Gasteiger partial charge in [-0.1, -0.05) is 103 Å². The monoisotopic (exact) mass is 341 g/mol. The Morgan fingerprint density at radius 1 is 0.625 bits per heavy atom. The highest BCUT2D eigenvalue weighted by molar-refractivity contribution is 4.59. The number of hydrogen-bond acceptors (Lipinski definition) is 3. The molecule has 0 spiro atoms. The third-order valence-corrected chi connectivity index (χ3v) is 4.91. The number of rotatable bonds is 20. The van der Waals surface area contributed by atoms with Crippen LogP contribution < -0.4 is 16.8 Å². The van der Waals surface area contributed by atoms with E-state index in [1.54, 1.807) is 0 Å². The molecule has 0 aliphatic heterocycles. The van der Waals surface area contributed by atoms with Gasteiger partial charge >= 0.3 is 0 Å². The van der Waals surface area contributed by atoms with Crippen LogP contribution in [0.3, 0.4) is 0 Å². The lowest BCUT2D eigenvalue weighted by Crippen LogP contribution is -2.39. The zero-order valence-electron chi connectivity index (χ0n) is 16.7. The first-order valence-electron chi connectivity index (χ1n) is 11.0. The molecule has 1 atom stereocenters. The summed E-state index contributed by atoms with van der Waals surface area (Å²) in [6.45, 7) is 4.00. The molecule has 0 aromatic carbocycles. The van der Waals surface area contributed by atoms with Gasteiger partial charge in [-0.05, 0) is 25.9 Å². The van der Waals surface area contributed by atoms with Gasteiger partial charge in [-0.2, -0.15) is 0 Å². The zero-order chi connectivity index (χ0) is 17.7. The highest BCUT2D eigenvalue weighted by atomic mass is 15.0. The van der Waals surface area contributed by atoms with Gasteiger partial charge in [0.15, 0.2) is 0 Å². The highest BCUT2D eigenvalue weighted by Crippen LogP contribution is 2.13. The van der Waals surface area contributed by atoms with E-state index in [-0.39, 0.29) is 6.17 Å². The second kappa shape index (κ2) is 20.9. The summed E-state index contributed by atoms with van der Waals surface area (Å²) in [4.78, 5) is 0. The minimum Gasteiger partial charge on any atom is -0.330 e. The zero-order valence-corrected chi connectivity index (χ0v) is 16.7. The number of unbranched alkanes of at least 4 members (excludes halogenated alkanes) is 15. The summed E-state index contributed by atoms with van der Waals surface area (Å²) in [6, 6.07) is 0. The van der Waals surface area contributed by atoms with Crippen molar-refractivity contribution in [2.45, 2.75) is 122 Å². The van der Waals surface area contributed by atoms with Crippen molar-refractivity contribution in [3.05, 3.63) is 0 Å². The van der Waals surface area contributed by atoms with Crippen molar-refractivity contribution in [2.75, 3.05) is 13.1 Å². The van der Waals surface area contributed by atoms with Gasteiger partial charge in [-0.15, -0.1) is 0 Å². The molecule has 3 heteroatoms. The van der Waals surface area contributed by atoms with Crippen LogP contribution in [-0.4, -0.2) is 19.3 Å². The summed E-state index contributed by atoms with van der Waals surface area (Å²) in [5.41, 5.74) is 11.3. The Morgan fingerprint density at radius 3 is 1.38 bits per heavy atom. The molecule has 0 amide bonds. The quantitative estimate of drug-likeness (QED) is 0.203. The van der Waals surface area contributed by atoms with Gasteiger partial charge in [0.25, 0.3) is 0 Å². The van der Waals surface area contributed by atoms with Crippen molar-refractivity contribution in [1.82, 2.24) is 5.32 Å². The van der Waals surface area contributed by atoms with Crippen LogP contribution in [0.25, 0.3) is 0 Å². The first-order chi connectivity index (χ1) is 11.8. The molecule has 0 aliphatic rings. The van der Waals surface area contributed by atoms with Gasteiger partial charge in [-0.3, -0.25) is 0 Å². The van der Waals surface area contributed by atoms with Crippen molar-refractivity contribution in [3.8, 4) is 0 Å². The Morgan fingerprint density at radius 2 is 1.00 bits per heavy atom. The Balaban J connectivity index is 3.00. The molecule has 24 heavy (non-hydrogen) atoms. The molecule has 0 heterocycles. The van der Waals surface area contributed by atoms with E-state index in [1.165, 1.54) is 103 Å². The molecule has 146 valence electrons. The topological polar surface area (TPSA) is 64.1 Å². The van der Waals surface area contributed by atoms with E-state index in [0.717, 1.165) is 13.0 Å². The normalized spacial score (nSPS) is 12.6. The summed E-state index contributed by atoms with van der Waals surface area (Å²) in [5, 5.41) is 3.33. The van der Waals surface area contributed by atoms with E-state index in [2.05, 4.69) is 12.2 Å². The van der Waals surface area contributed by atoms with Crippen molar-refractivity contribution >= 4 is 0 Å². The lowest BCUT2D eigenvalue weighted by Gasteiger charge is -2.12. The third-order valence-electron chi connectivity index (χ3n) is 4.91. The Kier molecular flexibility index (Phi) is 20.8. The van der Waals surface area contributed by atoms with Crippen molar-refractivity contribution in [2.24, 2.45) is 11.5 Å². The SMILES string of the molecule is CCCCCCCCCCCCCCCCCCNC(N)CCN. The summed E-state index contributed by atoms with van der Waals surface area (Å²) < 4.78 is 0. The van der Waals surface area contributed by atoms with Crippen molar-refractivity contribution in [1.29, 1.82) is 0 Å². The van der Waals surface area contributed by atoms with E-state index >= 15 is 0 Å². The van der Waals surface area contributed by atoms with E-state index in [1.807, 2.05) is 0 Å². The molecule has 0 aromatic rings. The number of nitrogens with one attached hydrogen (secondary N) is 1. The molecular formula is C21H47N3. The second-order valence-electron chi connectivity index (χ2n) is 7.44. The maximum absolute atomic E-state index is 5.86. The fourth-order valence-electron chi connectivity index (χ4n) is 3.24. The standard InChI is InChI=1S/C21H47N3/c1-2-3-4-5-6-7-8-9-10-11-12-13-14-15-16-17-20-24-21(23)18-19-22/h21,24H,2-20,22-23H2,1H3. The lowest BCUT2D eigenvalue weighted by molar-refractivity contribution is 0.477. The van der Waals surface area contributed by atoms with Gasteiger partial charge < -0.3 is 16.8 Å². The molecule has 0 bridgehead atoms. The smallest absolute Gasteiger partial charge is 0.0558 e. The van der Waals surface area contributed by atoms with Crippen molar-refractivity contribution < 1.29 is 0 Å². The molecular weight excluding hydrogens is 294 g/mol. The van der Waals surface area contributed by atoms with Crippen LogP contribution in [0.2, 0.25) is 0 Å². The Bertz CT molecular complexity index is 221. The molecule has 0 aromatic heterocycles. The van der Waals surface area contributed by atoms with Gasteiger partial charge in [0.1, 0.15) is 0 Å². The second-order valence-corrected chi connectivity index (χ2v) is 7.44. The minimum atomic E-state index is 0.0892. The Labute approximate surface area is 152 Å². The third kappa shape index (κ3) is 19.9. The van der Waals surface area contributed by atoms with Gasteiger partial charge in [0.05, 0.1) is 6.17 Å². The van der Waals surface area contributed by atoms with Crippen LogP contribution in [0.15, 0.2) is 0 Å². The lowest BCUT2D eigenvalue weighted by atomic mass is 10.0. The van der Waals surface area contributed by atoms with E-state index < -0.39 is 0 Å². The maximum Gasteiger partial charge on any atom is 0.0558 e. The molecule has 0 fully saturated rings. The van der Waals surface area contributed by atoms with Crippen LogP contribution in [0.1, 0.15) is 116 Å². The van der Waals surface area contributed by atoms with Gasteiger partial charge in [0, 0.05) is 0 Å². The van der Waals surface area contributed by atoms with Gasteiger partial charge in [0.2, 0.25) is 0 Å². The van der Waals surface area contributed by atoms with E-state index in [4.69, 9.17) is 11.5 Å². The highest BCUT2D eigenvalue weighted by Gasteiger charge is 1.98. The van der Waals surface area contributed by atoms with E-state index in [0.29, 0.717) is 6.54 Å². The largest absolute Gasteiger partial charge is 0.330 e. The fraction of sp³-hybridized carbons (Fsp3) is 1.00.